The summed E-state index contributed by atoms with van der Waals surface area (Å²) in [5.41, 5.74) is 1.39. The molecule has 0 atom stereocenters. The number of carbonyl (C=O) groups excluding carboxylic acids is 2. The normalized spacial score (nSPS) is 9.62. The molecular weight excluding hydrogens is 228 g/mol. The highest BCUT2D eigenvalue weighted by molar-refractivity contribution is 7.75. The quantitative estimate of drug-likeness (QED) is 0.495. The fourth-order valence-electron chi connectivity index (χ4n) is 1.21. The Bertz CT molecular complexity index is 372. The summed E-state index contributed by atoms with van der Waals surface area (Å²) < 4.78 is 8.80. The van der Waals surface area contributed by atoms with Crippen LogP contribution in [0.4, 0.5) is 0 Å². The van der Waals surface area contributed by atoms with E-state index in [-0.39, 0.29) is 5.97 Å². The maximum atomic E-state index is 11.1. The molecular formula is C11H12O4S. The van der Waals surface area contributed by atoms with Gasteiger partial charge in [0.25, 0.3) is 0 Å². The fraction of sp³-hybridized carbons (Fsp3) is 0.273. The Kier molecular flexibility index (Phi) is 4.85. The predicted octanol–water partition coefficient (Wildman–Crippen LogP) is 1.79. The lowest BCUT2D eigenvalue weighted by Gasteiger charge is -2.02. The van der Waals surface area contributed by atoms with Crippen molar-refractivity contribution in [3.63, 3.8) is 0 Å². The predicted molar refractivity (Wildman–Crippen MR) is 61.2 cm³/mol. The second-order valence-electron chi connectivity index (χ2n) is 3.15. The molecule has 0 radical (unpaired) electrons. The summed E-state index contributed by atoms with van der Waals surface area (Å²) in [6, 6.07) is 6.79. The zero-order valence-corrected chi connectivity index (χ0v) is 9.70. The van der Waals surface area contributed by atoms with Gasteiger partial charge in [-0.25, -0.2) is 4.79 Å². The van der Waals surface area contributed by atoms with E-state index in [9.17, 15) is 9.59 Å². The second-order valence-corrected chi connectivity index (χ2v) is 3.33. The first-order valence-corrected chi connectivity index (χ1v) is 5.05. The molecule has 0 aromatic heterocycles. The Morgan fingerprint density at radius 3 is 2.38 bits per heavy atom. The van der Waals surface area contributed by atoms with E-state index in [0.29, 0.717) is 18.4 Å². The van der Waals surface area contributed by atoms with Crippen molar-refractivity contribution in [2.24, 2.45) is 0 Å². The summed E-state index contributed by atoms with van der Waals surface area (Å²) >= 11 is 3.42. The fourth-order valence-corrected chi connectivity index (χ4v) is 1.31. The van der Waals surface area contributed by atoms with Crippen LogP contribution in [0.1, 0.15) is 22.3 Å². The Hall–Kier alpha value is -1.49. The summed E-state index contributed by atoms with van der Waals surface area (Å²) in [6.07, 6.45) is 0.912. The number of rotatable bonds is 4. The van der Waals surface area contributed by atoms with Gasteiger partial charge in [-0.2, -0.15) is 0 Å². The van der Waals surface area contributed by atoms with E-state index >= 15 is 0 Å². The third kappa shape index (κ3) is 3.58. The van der Waals surface area contributed by atoms with E-state index in [4.69, 9.17) is 0 Å². The summed E-state index contributed by atoms with van der Waals surface area (Å²) in [5, 5.41) is 0. The SMILES string of the molecule is COC(=O)CCc1ccc(C(=O)OS)cc1. The zero-order valence-electron chi connectivity index (χ0n) is 8.80. The van der Waals surface area contributed by atoms with Gasteiger partial charge in [0.05, 0.1) is 12.7 Å². The van der Waals surface area contributed by atoms with Crippen molar-refractivity contribution in [2.75, 3.05) is 7.11 Å². The maximum Gasteiger partial charge on any atom is 0.349 e. The minimum atomic E-state index is -0.497. The summed E-state index contributed by atoms with van der Waals surface area (Å²) in [4.78, 5) is 22.0. The highest BCUT2D eigenvalue weighted by atomic mass is 32.1. The first-order chi connectivity index (χ1) is 7.67. The third-order valence-electron chi connectivity index (χ3n) is 2.12. The van der Waals surface area contributed by atoms with Crippen molar-refractivity contribution < 1.29 is 18.5 Å². The number of aryl methyl sites for hydroxylation is 1. The molecule has 5 heteroatoms. The van der Waals surface area contributed by atoms with E-state index in [1.807, 2.05) is 0 Å². The lowest BCUT2D eigenvalue weighted by atomic mass is 10.1. The van der Waals surface area contributed by atoms with Gasteiger partial charge >= 0.3 is 11.9 Å². The average Bonchev–Trinajstić information content (AvgIpc) is 2.35. The molecule has 0 aliphatic carbocycles. The zero-order chi connectivity index (χ0) is 12.0. The van der Waals surface area contributed by atoms with Crippen LogP contribution in [0.3, 0.4) is 0 Å². The van der Waals surface area contributed by atoms with Gasteiger partial charge in [0, 0.05) is 19.3 Å². The highest BCUT2D eigenvalue weighted by Crippen LogP contribution is 2.08. The second kappa shape index (κ2) is 6.17. The molecule has 4 nitrogen and oxygen atoms in total. The van der Waals surface area contributed by atoms with Gasteiger partial charge < -0.3 is 8.92 Å². The van der Waals surface area contributed by atoms with Crippen molar-refractivity contribution in [3.05, 3.63) is 35.4 Å². The minimum absolute atomic E-state index is 0.251. The van der Waals surface area contributed by atoms with E-state index in [1.165, 1.54) is 7.11 Å². The van der Waals surface area contributed by atoms with Crippen molar-refractivity contribution in [1.82, 2.24) is 0 Å². The maximum absolute atomic E-state index is 11.1. The van der Waals surface area contributed by atoms with Crippen molar-refractivity contribution in [3.8, 4) is 0 Å². The van der Waals surface area contributed by atoms with Crippen LogP contribution in [0.5, 0.6) is 0 Å². The van der Waals surface area contributed by atoms with E-state index in [0.717, 1.165) is 5.56 Å². The minimum Gasteiger partial charge on any atom is -0.469 e. The van der Waals surface area contributed by atoms with Crippen molar-refractivity contribution in [2.45, 2.75) is 12.8 Å². The molecule has 0 aliphatic heterocycles. The van der Waals surface area contributed by atoms with Gasteiger partial charge in [0.1, 0.15) is 0 Å². The monoisotopic (exact) mass is 240 g/mol. The molecule has 0 heterocycles. The number of thiol groups is 1. The van der Waals surface area contributed by atoms with Gasteiger partial charge in [-0.05, 0) is 24.1 Å². The largest absolute Gasteiger partial charge is 0.469 e. The van der Waals surface area contributed by atoms with Crippen LogP contribution in [-0.4, -0.2) is 19.0 Å². The molecule has 0 bridgehead atoms. The topological polar surface area (TPSA) is 52.6 Å². The van der Waals surface area contributed by atoms with Crippen LogP contribution < -0.4 is 0 Å². The van der Waals surface area contributed by atoms with Crippen molar-refractivity contribution in [1.29, 1.82) is 0 Å². The Balaban J connectivity index is 2.58. The summed E-state index contributed by atoms with van der Waals surface area (Å²) in [7, 11) is 1.36. The Morgan fingerprint density at radius 1 is 1.25 bits per heavy atom. The first kappa shape index (κ1) is 12.6. The average molecular weight is 240 g/mol. The lowest BCUT2D eigenvalue weighted by molar-refractivity contribution is -0.140. The molecule has 86 valence electrons. The standard InChI is InChI=1S/C11H12O4S/c1-14-10(12)7-4-8-2-5-9(6-3-8)11(13)15-16/h2-3,5-6,16H,4,7H2,1H3. The van der Waals surface area contributed by atoms with Crippen molar-refractivity contribution >= 4 is 24.8 Å². The summed E-state index contributed by atoms with van der Waals surface area (Å²) in [5.74, 6) is -0.748. The molecule has 0 saturated heterocycles. The van der Waals surface area contributed by atoms with E-state index in [1.54, 1.807) is 24.3 Å². The van der Waals surface area contributed by atoms with Gasteiger partial charge in [0.15, 0.2) is 0 Å². The van der Waals surface area contributed by atoms with Crippen LogP contribution >= 0.6 is 12.9 Å². The van der Waals surface area contributed by atoms with Crippen LogP contribution in [-0.2, 0) is 20.1 Å². The molecule has 0 amide bonds. The number of esters is 1. The van der Waals surface area contributed by atoms with E-state index < -0.39 is 5.97 Å². The molecule has 0 spiro atoms. The molecule has 0 unspecified atom stereocenters. The molecule has 0 aliphatic rings. The van der Waals surface area contributed by atoms with Gasteiger partial charge in [0.2, 0.25) is 0 Å². The van der Waals surface area contributed by atoms with Gasteiger partial charge in [-0.15, -0.1) is 0 Å². The Morgan fingerprint density at radius 2 is 1.88 bits per heavy atom. The number of carbonyl (C=O) groups is 2. The van der Waals surface area contributed by atoms with Crippen LogP contribution in [0.25, 0.3) is 0 Å². The molecule has 0 saturated carbocycles. The Labute approximate surface area is 99.2 Å². The first-order valence-electron chi connectivity index (χ1n) is 4.69. The number of hydrogen-bond donors (Lipinski definition) is 1. The highest BCUT2D eigenvalue weighted by Gasteiger charge is 2.06. The van der Waals surface area contributed by atoms with Crippen LogP contribution in [0.15, 0.2) is 24.3 Å². The molecule has 16 heavy (non-hydrogen) atoms. The van der Waals surface area contributed by atoms with Crippen LogP contribution in [0, 0.1) is 0 Å². The van der Waals surface area contributed by atoms with Gasteiger partial charge in [-0.1, -0.05) is 12.1 Å². The van der Waals surface area contributed by atoms with E-state index in [2.05, 4.69) is 21.8 Å². The third-order valence-corrected chi connectivity index (χ3v) is 2.28. The molecule has 0 fully saturated rings. The number of hydrogen-bond acceptors (Lipinski definition) is 5. The molecule has 1 rings (SSSR count). The lowest BCUT2D eigenvalue weighted by Crippen LogP contribution is -2.02. The molecule has 0 N–H and O–H groups in total. The number of methoxy groups -OCH3 is 1. The van der Waals surface area contributed by atoms with Gasteiger partial charge in [-0.3, -0.25) is 4.79 Å². The number of ether oxygens (including phenoxy) is 1. The number of benzene rings is 1. The molecule has 1 aromatic rings. The summed E-state index contributed by atoms with van der Waals surface area (Å²) in [6.45, 7) is 0. The smallest absolute Gasteiger partial charge is 0.349 e. The van der Waals surface area contributed by atoms with Crippen LogP contribution in [0.2, 0.25) is 0 Å². The molecule has 1 aromatic carbocycles.